The molecule has 0 spiro atoms. The van der Waals surface area contributed by atoms with E-state index in [-0.39, 0.29) is 6.61 Å². The second-order valence-electron chi connectivity index (χ2n) is 3.31. The number of rotatable bonds is 3. The number of benzene rings is 1. The lowest BCUT2D eigenvalue weighted by Crippen LogP contribution is -1.96. The first kappa shape index (κ1) is 9.93. The Morgan fingerprint density at radius 1 is 1.33 bits per heavy atom. The molecule has 0 fully saturated rings. The quantitative estimate of drug-likeness (QED) is 0.826. The van der Waals surface area contributed by atoms with Crippen LogP contribution in [0, 0.1) is 0 Å². The standard InChI is InChI=1S/C12H13NO2/c1-15-12-8-9(6-7-14)10-4-2-3-5-11(10)13-12/h2-5,8,14H,6-7H2,1H3. The molecule has 15 heavy (non-hydrogen) atoms. The molecule has 1 heterocycles. The highest BCUT2D eigenvalue weighted by Gasteiger charge is 2.04. The predicted molar refractivity (Wildman–Crippen MR) is 59.1 cm³/mol. The molecule has 0 aliphatic rings. The van der Waals surface area contributed by atoms with Gasteiger partial charge in [-0.15, -0.1) is 0 Å². The Balaban J connectivity index is 2.63. The number of pyridine rings is 1. The smallest absolute Gasteiger partial charge is 0.213 e. The van der Waals surface area contributed by atoms with Crippen LogP contribution in [0.25, 0.3) is 10.9 Å². The number of aliphatic hydroxyl groups excluding tert-OH is 1. The lowest BCUT2D eigenvalue weighted by Gasteiger charge is -2.07. The lowest BCUT2D eigenvalue weighted by atomic mass is 10.1. The summed E-state index contributed by atoms with van der Waals surface area (Å²) >= 11 is 0. The second-order valence-corrected chi connectivity index (χ2v) is 3.31. The van der Waals surface area contributed by atoms with Gasteiger partial charge in [0, 0.05) is 18.1 Å². The molecule has 1 aromatic carbocycles. The minimum absolute atomic E-state index is 0.136. The molecule has 0 atom stereocenters. The fourth-order valence-corrected chi connectivity index (χ4v) is 1.65. The second kappa shape index (κ2) is 4.28. The zero-order valence-electron chi connectivity index (χ0n) is 8.60. The number of methoxy groups -OCH3 is 1. The highest BCUT2D eigenvalue weighted by atomic mass is 16.5. The van der Waals surface area contributed by atoms with Crippen LogP contribution in [0.15, 0.2) is 30.3 Å². The maximum atomic E-state index is 8.98. The van der Waals surface area contributed by atoms with E-state index in [1.165, 1.54) is 0 Å². The summed E-state index contributed by atoms with van der Waals surface area (Å²) in [6.45, 7) is 0.136. The van der Waals surface area contributed by atoms with Crippen LogP contribution < -0.4 is 4.74 Å². The molecule has 0 amide bonds. The van der Waals surface area contributed by atoms with Crippen molar-refractivity contribution in [2.75, 3.05) is 13.7 Å². The van der Waals surface area contributed by atoms with E-state index in [0.29, 0.717) is 12.3 Å². The van der Waals surface area contributed by atoms with Gasteiger partial charge in [0.2, 0.25) is 5.88 Å². The number of aromatic nitrogens is 1. The average molecular weight is 203 g/mol. The van der Waals surface area contributed by atoms with E-state index in [9.17, 15) is 0 Å². The number of nitrogens with zero attached hydrogens (tertiary/aromatic N) is 1. The van der Waals surface area contributed by atoms with Crippen molar-refractivity contribution < 1.29 is 9.84 Å². The first-order valence-electron chi connectivity index (χ1n) is 4.88. The number of hydrogen-bond acceptors (Lipinski definition) is 3. The highest BCUT2D eigenvalue weighted by molar-refractivity contribution is 5.82. The molecule has 0 radical (unpaired) electrons. The summed E-state index contributed by atoms with van der Waals surface area (Å²) in [5.74, 6) is 0.595. The molecule has 2 aromatic rings. The van der Waals surface area contributed by atoms with Crippen LogP contribution in [-0.4, -0.2) is 23.8 Å². The Kier molecular flexibility index (Phi) is 2.83. The van der Waals surface area contributed by atoms with E-state index in [1.54, 1.807) is 7.11 Å². The van der Waals surface area contributed by atoms with Crippen molar-refractivity contribution in [3.8, 4) is 5.88 Å². The third-order valence-corrected chi connectivity index (χ3v) is 2.37. The van der Waals surface area contributed by atoms with E-state index in [0.717, 1.165) is 16.5 Å². The molecule has 2 rings (SSSR count). The van der Waals surface area contributed by atoms with Gasteiger partial charge in [-0.1, -0.05) is 18.2 Å². The molecule has 78 valence electrons. The molecular formula is C12H13NO2. The fourth-order valence-electron chi connectivity index (χ4n) is 1.65. The van der Waals surface area contributed by atoms with Crippen LogP contribution >= 0.6 is 0 Å². The molecule has 0 saturated heterocycles. The lowest BCUT2D eigenvalue weighted by molar-refractivity contribution is 0.299. The van der Waals surface area contributed by atoms with Crippen LogP contribution in [-0.2, 0) is 6.42 Å². The van der Waals surface area contributed by atoms with Gasteiger partial charge in [0.25, 0.3) is 0 Å². The highest BCUT2D eigenvalue weighted by Crippen LogP contribution is 2.21. The van der Waals surface area contributed by atoms with Gasteiger partial charge in [0.1, 0.15) is 0 Å². The first-order valence-corrected chi connectivity index (χ1v) is 4.88. The van der Waals surface area contributed by atoms with Crippen LogP contribution in [0.2, 0.25) is 0 Å². The van der Waals surface area contributed by atoms with Gasteiger partial charge in [0.15, 0.2) is 0 Å². The Labute approximate surface area is 88.3 Å². The van der Waals surface area contributed by atoms with E-state index in [4.69, 9.17) is 9.84 Å². The molecule has 0 unspecified atom stereocenters. The molecule has 0 aliphatic carbocycles. The molecular weight excluding hydrogens is 190 g/mol. The van der Waals surface area contributed by atoms with Gasteiger partial charge in [-0.2, -0.15) is 0 Å². The molecule has 3 heteroatoms. The summed E-state index contributed by atoms with van der Waals surface area (Å²) in [5, 5.41) is 10.1. The molecule has 0 saturated carbocycles. The zero-order chi connectivity index (χ0) is 10.7. The van der Waals surface area contributed by atoms with Crippen molar-refractivity contribution in [1.82, 2.24) is 4.98 Å². The van der Waals surface area contributed by atoms with Gasteiger partial charge in [-0.25, -0.2) is 4.98 Å². The first-order chi connectivity index (χ1) is 7.35. The van der Waals surface area contributed by atoms with Gasteiger partial charge >= 0.3 is 0 Å². The predicted octanol–water partition coefficient (Wildman–Crippen LogP) is 1.78. The third kappa shape index (κ3) is 1.92. The van der Waals surface area contributed by atoms with Crippen molar-refractivity contribution in [2.24, 2.45) is 0 Å². The van der Waals surface area contributed by atoms with Gasteiger partial charge in [-0.3, -0.25) is 0 Å². The normalized spacial score (nSPS) is 10.5. The number of hydrogen-bond donors (Lipinski definition) is 1. The molecule has 1 N–H and O–H groups in total. The number of ether oxygens (including phenoxy) is 1. The minimum atomic E-state index is 0.136. The Morgan fingerprint density at radius 2 is 2.13 bits per heavy atom. The average Bonchev–Trinajstić information content (AvgIpc) is 2.29. The van der Waals surface area contributed by atoms with Crippen molar-refractivity contribution in [3.05, 3.63) is 35.9 Å². The summed E-state index contributed by atoms with van der Waals surface area (Å²) < 4.78 is 5.12. The van der Waals surface area contributed by atoms with Crippen molar-refractivity contribution in [3.63, 3.8) is 0 Å². The van der Waals surface area contributed by atoms with E-state index < -0.39 is 0 Å². The SMILES string of the molecule is COc1cc(CCO)c2ccccc2n1. The van der Waals surface area contributed by atoms with Crippen molar-refractivity contribution in [2.45, 2.75) is 6.42 Å². The summed E-state index contributed by atoms with van der Waals surface area (Å²) in [7, 11) is 1.60. The van der Waals surface area contributed by atoms with Crippen LogP contribution in [0.1, 0.15) is 5.56 Å². The Bertz CT molecular complexity index is 468. The molecule has 0 aliphatic heterocycles. The maximum absolute atomic E-state index is 8.98. The summed E-state index contributed by atoms with van der Waals surface area (Å²) in [4.78, 5) is 4.33. The van der Waals surface area contributed by atoms with Crippen LogP contribution in [0.4, 0.5) is 0 Å². The Hall–Kier alpha value is -1.61. The molecule has 3 nitrogen and oxygen atoms in total. The fraction of sp³-hybridized carbons (Fsp3) is 0.250. The van der Waals surface area contributed by atoms with Gasteiger partial charge in [-0.05, 0) is 18.1 Å². The van der Waals surface area contributed by atoms with Gasteiger partial charge in [0.05, 0.1) is 12.6 Å². The van der Waals surface area contributed by atoms with E-state index >= 15 is 0 Å². The number of aliphatic hydroxyl groups is 1. The van der Waals surface area contributed by atoms with Crippen LogP contribution in [0.5, 0.6) is 5.88 Å². The topological polar surface area (TPSA) is 42.4 Å². The van der Waals surface area contributed by atoms with Crippen molar-refractivity contribution >= 4 is 10.9 Å². The summed E-state index contributed by atoms with van der Waals surface area (Å²) in [6.07, 6.45) is 0.624. The monoisotopic (exact) mass is 203 g/mol. The maximum Gasteiger partial charge on any atom is 0.213 e. The largest absolute Gasteiger partial charge is 0.481 e. The Morgan fingerprint density at radius 3 is 2.87 bits per heavy atom. The van der Waals surface area contributed by atoms with E-state index in [1.807, 2.05) is 30.3 Å². The molecule has 1 aromatic heterocycles. The summed E-state index contributed by atoms with van der Waals surface area (Å²) in [5.41, 5.74) is 1.97. The minimum Gasteiger partial charge on any atom is -0.481 e. The number of para-hydroxylation sites is 1. The molecule has 0 bridgehead atoms. The number of fused-ring (bicyclic) bond motifs is 1. The third-order valence-electron chi connectivity index (χ3n) is 2.37. The van der Waals surface area contributed by atoms with E-state index in [2.05, 4.69) is 4.98 Å². The van der Waals surface area contributed by atoms with Crippen LogP contribution in [0.3, 0.4) is 0 Å². The zero-order valence-corrected chi connectivity index (χ0v) is 8.60. The summed E-state index contributed by atoms with van der Waals surface area (Å²) in [6, 6.07) is 9.74. The van der Waals surface area contributed by atoms with Gasteiger partial charge < -0.3 is 9.84 Å². The van der Waals surface area contributed by atoms with Crippen molar-refractivity contribution in [1.29, 1.82) is 0 Å².